The van der Waals surface area contributed by atoms with Gasteiger partial charge in [0.2, 0.25) is 0 Å². The lowest BCUT2D eigenvalue weighted by atomic mass is 9.75. The third-order valence-electron chi connectivity index (χ3n) is 2.78. The molecule has 4 atom stereocenters. The van der Waals surface area contributed by atoms with Gasteiger partial charge in [0.1, 0.15) is 0 Å². The van der Waals surface area contributed by atoms with Crippen LogP contribution in [-0.2, 0) is 4.79 Å². The fourth-order valence-electron chi connectivity index (χ4n) is 1.90. The second-order valence-electron chi connectivity index (χ2n) is 3.93. The first-order valence-corrected chi connectivity index (χ1v) is 4.59. The first kappa shape index (κ1) is 12.3. The highest BCUT2D eigenvalue weighted by atomic mass is 16.5. The van der Waals surface area contributed by atoms with E-state index in [1.165, 1.54) is 0 Å². The number of carboxylic acids is 1. The van der Waals surface area contributed by atoms with E-state index in [2.05, 4.69) is 0 Å². The summed E-state index contributed by atoms with van der Waals surface area (Å²) in [6.07, 6.45) is -3.08. The molecule has 0 heterocycles. The van der Waals surface area contributed by atoms with Crippen LogP contribution in [0.4, 0.5) is 0 Å². The summed E-state index contributed by atoms with van der Waals surface area (Å²) in [4.78, 5) is 10.8. The molecule has 1 aliphatic carbocycles. The van der Waals surface area contributed by atoms with Crippen molar-refractivity contribution in [2.24, 2.45) is 5.92 Å². The normalized spacial score (nSPS) is 41.5. The molecule has 1 aliphatic rings. The van der Waals surface area contributed by atoms with Gasteiger partial charge in [0, 0.05) is 18.9 Å². The van der Waals surface area contributed by atoms with Crippen molar-refractivity contribution >= 4 is 5.97 Å². The maximum Gasteiger partial charge on any atom is 0.335 e. The second-order valence-corrected chi connectivity index (χ2v) is 3.93. The number of hydroxylamine groups is 1. The lowest BCUT2D eigenvalue weighted by Crippen LogP contribution is -2.55. The number of aliphatic hydroxyl groups excluding tert-OH is 2. The zero-order chi connectivity index (χ0) is 11.6. The van der Waals surface area contributed by atoms with E-state index in [0.29, 0.717) is 0 Å². The van der Waals surface area contributed by atoms with Crippen molar-refractivity contribution < 1.29 is 30.4 Å². The molecule has 1 saturated carbocycles. The van der Waals surface area contributed by atoms with Crippen LogP contribution in [0, 0.1) is 5.92 Å². The molecule has 0 radical (unpaired) electrons. The molecule has 0 aromatic heterocycles. The Bertz CT molecular complexity index is 247. The van der Waals surface area contributed by atoms with Gasteiger partial charge >= 0.3 is 5.97 Å². The van der Waals surface area contributed by atoms with E-state index in [-0.39, 0.29) is 13.0 Å². The van der Waals surface area contributed by atoms with E-state index in [0.717, 1.165) is 0 Å². The number of nitrogens with one attached hydrogen (secondary N) is 1. The van der Waals surface area contributed by atoms with Crippen molar-refractivity contribution in [3.05, 3.63) is 0 Å². The Labute approximate surface area is 85.9 Å². The van der Waals surface area contributed by atoms with E-state index in [1.807, 2.05) is 0 Å². The van der Waals surface area contributed by atoms with Gasteiger partial charge in [0.15, 0.2) is 5.60 Å². The summed E-state index contributed by atoms with van der Waals surface area (Å²) >= 11 is 0. The number of aliphatic hydroxyl groups is 3. The lowest BCUT2D eigenvalue weighted by Gasteiger charge is -2.39. The van der Waals surface area contributed by atoms with Gasteiger partial charge in [-0.1, -0.05) is 0 Å². The van der Waals surface area contributed by atoms with Crippen LogP contribution in [0.5, 0.6) is 0 Å². The van der Waals surface area contributed by atoms with Crippen LogP contribution in [0.3, 0.4) is 0 Å². The Hall–Kier alpha value is -0.730. The summed E-state index contributed by atoms with van der Waals surface area (Å²) in [5.74, 6) is -2.14. The molecule has 0 bridgehead atoms. The highest BCUT2D eigenvalue weighted by Gasteiger charge is 2.48. The van der Waals surface area contributed by atoms with Gasteiger partial charge in [-0.15, -0.1) is 0 Å². The monoisotopic (exact) mass is 221 g/mol. The average molecular weight is 221 g/mol. The second kappa shape index (κ2) is 4.42. The molecular weight excluding hydrogens is 206 g/mol. The number of hydrogen-bond donors (Lipinski definition) is 6. The topological polar surface area (TPSA) is 130 Å². The molecule has 6 N–H and O–H groups in total. The Morgan fingerprint density at radius 3 is 2.47 bits per heavy atom. The van der Waals surface area contributed by atoms with E-state index in [9.17, 15) is 20.1 Å². The van der Waals surface area contributed by atoms with E-state index in [4.69, 9.17) is 10.3 Å². The third kappa shape index (κ3) is 2.44. The van der Waals surface area contributed by atoms with Gasteiger partial charge in [-0.05, 0) is 6.42 Å². The molecule has 15 heavy (non-hydrogen) atoms. The molecule has 0 spiro atoms. The molecule has 1 fully saturated rings. The maximum absolute atomic E-state index is 10.8. The number of hydrogen-bond acceptors (Lipinski definition) is 6. The third-order valence-corrected chi connectivity index (χ3v) is 2.78. The van der Waals surface area contributed by atoms with Crippen molar-refractivity contribution in [1.82, 2.24) is 5.48 Å². The van der Waals surface area contributed by atoms with Gasteiger partial charge in [-0.2, -0.15) is 0 Å². The van der Waals surface area contributed by atoms with Gasteiger partial charge in [0.05, 0.1) is 12.2 Å². The largest absolute Gasteiger partial charge is 0.479 e. The highest BCUT2D eigenvalue weighted by molar-refractivity contribution is 5.77. The summed E-state index contributed by atoms with van der Waals surface area (Å²) in [7, 11) is 0. The van der Waals surface area contributed by atoms with Crippen LogP contribution in [0.2, 0.25) is 0 Å². The van der Waals surface area contributed by atoms with Crippen molar-refractivity contribution in [2.45, 2.75) is 30.7 Å². The summed E-state index contributed by atoms with van der Waals surface area (Å²) < 4.78 is 0. The van der Waals surface area contributed by atoms with Gasteiger partial charge in [-0.3, -0.25) is 0 Å². The van der Waals surface area contributed by atoms with E-state index >= 15 is 0 Å². The summed E-state index contributed by atoms with van der Waals surface area (Å²) in [6.45, 7) is -0.0895. The van der Waals surface area contributed by atoms with Crippen LogP contribution >= 0.6 is 0 Å². The smallest absolute Gasteiger partial charge is 0.335 e. The van der Waals surface area contributed by atoms with Crippen molar-refractivity contribution in [2.75, 3.05) is 6.54 Å². The zero-order valence-electron chi connectivity index (χ0n) is 8.00. The van der Waals surface area contributed by atoms with Crippen LogP contribution in [0.25, 0.3) is 0 Å². The quantitative estimate of drug-likeness (QED) is 0.301. The first-order chi connectivity index (χ1) is 6.90. The predicted molar refractivity (Wildman–Crippen MR) is 47.1 cm³/mol. The molecule has 4 unspecified atom stereocenters. The molecule has 0 aliphatic heterocycles. The SMILES string of the molecule is O=C(O)C1(O)CC(O)C(O)C(CNO)C1. The Morgan fingerprint density at radius 2 is 2.00 bits per heavy atom. The Morgan fingerprint density at radius 1 is 1.40 bits per heavy atom. The number of carbonyl (C=O) groups is 1. The lowest BCUT2D eigenvalue weighted by molar-refractivity contribution is -0.179. The molecule has 7 heteroatoms. The van der Waals surface area contributed by atoms with Crippen LogP contribution in [-0.4, -0.2) is 56.0 Å². The van der Waals surface area contributed by atoms with Gasteiger partial charge < -0.3 is 25.6 Å². The molecular formula is C8H15NO6. The summed E-state index contributed by atoms with van der Waals surface area (Å²) in [5.41, 5.74) is -0.252. The predicted octanol–water partition coefficient (Wildman–Crippen LogP) is -2.09. The molecule has 0 aromatic rings. The van der Waals surface area contributed by atoms with E-state index in [1.54, 1.807) is 5.48 Å². The molecule has 0 saturated heterocycles. The molecule has 7 nitrogen and oxygen atoms in total. The summed E-state index contributed by atoms with van der Waals surface area (Å²) in [6, 6.07) is 0. The first-order valence-electron chi connectivity index (χ1n) is 4.59. The molecule has 0 amide bonds. The van der Waals surface area contributed by atoms with Crippen molar-refractivity contribution in [1.29, 1.82) is 0 Å². The van der Waals surface area contributed by atoms with Crippen LogP contribution in [0.1, 0.15) is 12.8 Å². The minimum absolute atomic E-state index is 0.0895. The number of rotatable bonds is 3. The number of aliphatic carboxylic acids is 1. The standard InChI is InChI=1S/C8H15NO6/c10-5-2-8(14,7(12)13)1-4(3-9-15)6(5)11/h4-6,9-11,14-15H,1-3H2,(H,12,13). The fraction of sp³-hybridized carbons (Fsp3) is 0.875. The molecule has 1 rings (SSSR count). The van der Waals surface area contributed by atoms with Gasteiger partial charge in [0.25, 0.3) is 0 Å². The Balaban J connectivity index is 2.78. The average Bonchev–Trinajstić information content (AvgIpc) is 2.14. The Kier molecular flexibility index (Phi) is 3.63. The van der Waals surface area contributed by atoms with Crippen LogP contribution in [0.15, 0.2) is 0 Å². The zero-order valence-corrected chi connectivity index (χ0v) is 8.00. The minimum atomic E-state index is -2.04. The minimum Gasteiger partial charge on any atom is -0.479 e. The summed E-state index contributed by atoms with van der Waals surface area (Å²) in [5, 5.41) is 45.7. The highest BCUT2D eigenvalue weighted by Crippen LogP contribution is 2.33. The van der Waals surface area contributed by atoms with Gasteiger partial charge in [-0.25, -0.2) is 10.3 Å². The molecule has 0 aromatic carbocycles. The molecule has 88 valence electrons. The van der Waals surface area contributed by atoms with Crippen LogP contribution < -0.4 is 5.48 Å². The number of carboxylic acid groups (broad SMARTS) is 1. The van der Waals surface area contributed by atoms with Crippen molar-refractivity contribution in [3.8, 4) is 0 Å². The van der Waals surface area contributed by atoms with Crippen molar-refractivity contribution in [3.63, 3.8) is 0 Å². The maximum atomic E-state index is 10.8. The fourth-order valence-corrected chi connectivity index (χ4v) is 1.90. The van der Waals surface area contributed by atoms with E-state index < -0.39 is 36.1 Å².